The van der Waals surface area contributed by atoms with Gasteiger partial charge in [-0.25, -0.2) is 13.7 Å². The van der Waals surface area contributed by atoms with Crippen molar-refractivity contribution in [1.82, 2.24) is 29.4 Å². The Hall–Kier alpha value is -1.79. The van der Waals surface area contributed by atoms with E-state index in [1.807, 2.05) is 33.7 Å². The third-order valence-corrected chi connectivity index (χ3v) is 17.0. The van der Waals surface area contributed by atoms with E-state index < -0.39 is 73.3 Å². The molecule has 6 aliphatic rings. The SMILES string of the molecule is CN1CCN(C)C1=NP(=O)(OCC1OCCC1OP(=O)(N=C1N(C)CCN1C)OCC1OCCC1OP(=O)(N=C1N(C)CCN1C)OCCCOP(=O)([O-])OC(C)(C)C)OC1CCOC1CO. The van der Waals surface area contributed by atoms with Crippen molar-refractivity contribution in [2.45, 2.75) is 88.7 Å². The van der Waals surface area contributed by atoms with Gasteiger partial charge < -0.3 is 62.7 Å². The smallest absolute Gasteiger partial charge is 0.457 e. The predicted octanol–water partition coefficient (Wildman–Crippen LogP) is 2.26. The fraction of sp³-hybridized carbons (Fsp3) is 0.919. The number of phosphoric ester groups is 1. The van der Waals surface area contributed by atoms with Gasteiger partial charge in [0.1, 0.15) is 18.3 Å². The van der Waals surface area contributed by atoms with E-state index in [0.29, 0.717) is 70.2 Å². The molecule has 26 nitrogen and oxygen atoms in total. The van der Waals surface area contributed by atoms with Gasteiger partial charge in [0.25, 0.3) is 7.82 Å². The van der Waals surface area contributed by atoms with Crippen molar-refractivity contribution in [2.75, 3.05) is 134 Å². The lowest BCUT2D eigenvalue weighted by molar-refractivity contribution is -0.233. The molecule has 0 bridgehead atoms. The van der Waals surface area contributed by atoms with Crippen molar-refractivity contribution in [2.24, 2.45) is 14.3 Å². The first-order chi connectivity index (χ1) is 31.5. The number of hydrogen-bond donors (Lipinski definition) is 1. The van der Waals surface area contributed by atoms with Crippen LogP contribution in [0.15, 0.2) is 14.3 Å². The minimum Gasteiger partial charge on any atom is -0.756 e. The van der Waals surface area contributed by atoms with Crippen LogP contribution in [0.4, 0.5) is 0 Å². The summed E-state index contributed by atoms with van der Waals surface area (Å²) in [6, 6.07) is 0. The predicted molar refractivity (Wildman–Crippen MR) is 243 cm³/mol. The first-order valence-electron chi connectivity index (χ1n) is 22.5. The Labute approximate surface area is 393 Å². The van der Waals surface area contributed by atoms with Gasteiger partial charge in [-0.1, -0.05) is 0 Å². The van der Waals surface area contributed by atoms with Gasteiger partial charge in [0.05, 0.1) is 56.9 Å². The van der Waals surface area contributed by atoms with Crippen LogP contribution in [0, 0.1) is 0 Å². The maximum atomic E-state index is 15.0. The Morgan fingerprint density at radius 3 is 1.25 bits per heavy atom. The summed E-state index contributed by atoms with van der Waals surface area (Å²) in [5, 5.41) is 9.88. The molecule has 10 unspecified atom stereocenters. The average Bonchev–Trinajstić information content (AvgIpc) is 4.13. The number of likely N-dealkylation sites (N-methyl/N-ethyl adjacent to an activating group) is 6. The molecule has 0 spiro atoms. The third kappa shape index (κ3) is 15.4. The zero-order valence-electron chi connectivity index (χ0n) is 40.0. The number of ether oxygens (including phenoxy) is 3. The average molecular weight is 1040 g/mol. The quantitative estimate of drug-likeness (QED) is 0.114. The number of nitrogens with zero attached hydrogens (tertiary/aromatic N) is 9. The topological polar surface area (TPSA) is 270 Å². The van der Waals surface area contributed by atoms with E-state index in [1.54, 1.807) is 58.8 Å². The van der Waals surface area contributed by atoms with Crippen LogP contribution in [0.2, 0.25) is 0 Å². The lowest BCUT2D eigenvalue weighted by Gasteiger charge is -2.30. The Bertz CT molecular complexity index is 1930. The Morgan fingerprint density at radius 2 is 0.896 bits per heavy atom. The van der Waals surface area contributed by atoms with E-state index in [-0.39, 0.29) is 65.5 Å². The van der Waals surface area contributed by atoms with Crippen molar-refractivity contribution < 1.29 is 78.7 Å². The summed E-state index contributed by atoms with van der Waals surface area (Å²) in [6.45, 7) is 7.46. The summed E-state index contributed by atoms with van der Waals surface area (Å²) in [7, 11) is -6.91. The molecule has 0 aromatic carbocycles. The van der Waals surface area contributed by atoms with Crippen molar-refractivity contribution in [1.29, 1.82) is 0 Å². The molecule has 1 N–H and O–H groups in total. The monoisotopic (exact) mass is 1040 g/mol. The molecular formula is C37H70N9O17P4-. The third-order valence-electron chi connectivity index (χ3n) is 11.4. The second kappa shape index (κ2) is 23.2. The van der Waals surface area contributed by atoms with Crippen LogP contribution in [0.1, 0.15) is 46.5 Å². The van der Waals surface area contributed by atoms with Crippen molar-refractivity contribution >= 4 is 48.9 Å². The molecule has 0 radical (unpaired) electrons. The highest BCUT2D eigenvalue weighted by atomic mass is 31.2. The lowest BCUT2D eigenvalue weighted by Crippen LogP contribution is -2.33. The fourth-order valence-electron chi connectivity index (χ4n) is 7.76. The van der Waals surface area contributed by atoms with E-state index in [1.165, 1.54) is 0 Å². The molecule has 10 atom stereocenters. The van der Waals surface area contributed by atoms with Gasteiger partial charge in [0, 0.05) is 121 Å². The van der Waals surface area contributed by atoms with Crippen molar-refractivity contribution in [3.05, 3.63) is 0 Å². The highest BCUT2D eigenvalue weighted by Crippen LogP contribution is 2.57. The molecule has 6 aliphatic heterocycles. The number of aliphatic hydroxyl groups is 1. The molecule has 0 amide bonds. The summed E-state index contributed by atoms with van der Waals surface area (Å²) >= 11 is 0. The molecule has 6 rings (SSSR count). The maximum Gasteiger partial charge on any atom is 0.457 e. The molecule has 30 heteroatoms. The second-order valence-electron chi connectivity index (χ2n) is 18.1. The minimum absolute atomic E-state index is 0.00512. The summed E-state index contributed by atoms with van der Waals surface area (Å²) in [5.41, 5.74) is -0.991. The highest BCUT2D eigenvalue weighted by Gasteiger charge is 2.45. The number of aliphatic hydroxyl groups excluding tert-OH is 1. The molecule has 0 aromatic rings. The Morgan fingerprint density at radius 1 is 0.567 bits per heavy atom. The molecular weight excluding hydrogens is 966 g/mol. The lowest BCUT2D eigenvalue weighted by atomic mass is 10.2. The zero-order valence-corrected chi connectivity index (χ0v) is 43.6. The molecule has 6 heterocycles. The molecule has 67 heavy (non-hydrogen) atoms. The van der Waals surface area contributed by atoms with Gasteiger partial charge >= 0.3 is 23.2 Å². The van der Waals surface area contributed by atoms with Crippen LogP contribution in [0.25, 0.3) is 0 Å². The van der Waals surface area contributed by atoms with E-state index in [0.717, 1.165) is 0 Å². The van der Waals surface area contributed by atoms with Crippen LogP contribution in [0.3, 0.4) is 0 Å². The summed E-state index contributed by atoms with van der Waals surface area (Å²) in [4.78, 5) is 23.1. The zero-order chi connectivity index (χ0) is 48.8. The summed E-state index contributed by atoms with van der Waals surface area (Å²) in [6.07, 6.45) is -4.29. The van der Waals surface area contributed by atoms with Gasteiger partial charge in [-0.2, -0.15) is 0 Å². The number of phosphoric acid groups is 1. The molecule has 0 aliphatic carbocycles. The van der Waals surface area contributed by atoms with E-state index in [2.05, 4.69) is 14.3 Å². The number of rotatable bonds is 23. The molecule has 386 valence electrons. The number of hydrogen-bond acceptors (Lipinski definition) is 17. The van der Waals surface area contributed by atoms with E-state index in [9.17, 15) is 28.3 Å². The fourth-order valence-corrected chi connectivity index (χ4v) is 13.7. The molecule has 6 fully saturated rings. The molecule has 6 saturated heterocycles. The number of guanidine groups is 3. The maximum absolute atomic E-state index is 15.0. The molecule has 0 saturated carbocycles. The molecule has 0 aromatic heterocycles. The van der Waals surface area contributed by atoms with E-state index >= 15 is 0 Å². The van der Waals surface area contributed by atoms with Crippen LogP contribution in [-0.4, -0.2) is 229 Å². The standard InChI is InChI=1S/C37H71N9O17P4/c1-37(2,3)63-67(51,52)57-21-10-20-56-64(48,38-34-41(4)14-15-42(34)5)61-29-12-23-54-32(29)26-59-66(50,40-36-45(8)18-19-46(36)9)62-30-13-24-55-33(30)27-58-65(49,39-35-43(6)16-17-44(35)7)60-28-11-22-53-31(28)25-47/h28-33,47H,10-27H2,1-9H3,(H,51,52)/p-1. The minimum atomic E-state index is -4.62. The van der Waals surface area contributed by atoms with Gasteiger partial charge in [-0.15, -0.1) is 14.3 Å². The highest BCUT2D eigenvalue weighted by molar-refractivity contribution is 7.53. The van der Waals surface area contributed by atoms with Gasteiger partial charge in [-0.3, -0.25) is 31.7 Å². The first kappa shape index (κ1) is 54.5. The van der Waals surface area contributed by atoms with Crippen molar-refractivity contribution in [3.8, 4) is 0 Å². The Kier molecular flexibility index (Phi) is 18.9. The van der Waals surface area contributed by atoms with Crippen molar-refractivity contribution in [3.63, 3.8) is 0 Å². The van der Waals surface area contributed by atoms with Crippen LogP contribution < -0.4 is 4.89 Å². The Balaban J connectivity index is 1.16. The van der Waals surface area contributed by atoms with Gasteiger partial charge in [-0.05, 0) is 27.2 Å². The summed E-state index contributed by atoms with van der Waals surface area (Å²) in [5.74, 6) is 1.11. The van der Waals surface area contributed by atoms with Gasteiger partial charge in [0.2, 0.25) is 17.9 Å². The summed E-state index contributed by atoms with van der Waals surface area (Å²) < 4.78 is 134. The van der Waals surface area contributed by atoms with E-state index in [4.69, 9.17) is 50.4 Å². The largest absolute Gasteiger partial charge is 0.756 e. The first-order valence-corrected chi connectivity index (χ1v) is 28.4. The van der Waals surface area contributed by atoms with Gasteiger partial charge in [0.15, 0.2) is 0 Å². The normalized spacial score (nSPS) is 29.8. The van der Waals surface area contributed by atoms with Crippen LogP contribution in [-0.2, 0) is 68.7 Å². The van der Waals surface area contributed by atoms with Crippen LogP contribution in [0.5, 0.6) is 0 Å². The van der Waals surface area contributed by atoms with Crippen LogP contribution >= 0.6 is 31.1 Å². The second-order valence-corrected chi connectivity index (χ2v) is 24.3.